The van der Waals surface area contributed by atoms with Gasteiger partial charge in [-0.05, 0) is 36.2 Å². The molecule has 0 atom stereocenters. The summed E-state index contributed by atoms with van der Waals surface area (Å²) in [6, 6.07) is 14.8. The van der Waals surface area contributed by atoms with Crippen LogP contribution >= 0.6 is 11.6 Å². The Morgan fingerprint density at radius 3 is 2.71 bits per heavy atom. The topological polar surface area (TPSA) is 72.2 Å². The van der Waals surface area contributed by atoms with Gasteiger partial charge < -0.3 is 0 Å². The van der Waals surface area contributed by atoms with Crippen molar-refractivity contribution in [2.45, 2.75) is 19.9 Å². The molecular weight excluding hydrogens is 326 g/mol. The fourth-order valence-electron chi connectivity index (χ4n) is 2.33. The molecule has 0 unspecified atom stereocenters. The smallest absolute Gasteiger partial charge is 0.261 e. The number of fused-ring (bicyclic) bond motifs is 1. The van der Waals surface area contributed by atoms with Gasteiger partial charge in [-0.15, -0.1) is 5.10 Å². The number of amides is 1. The van der Waals surface area contributed by atoms with Crippen molar-refractivity contribution in [3.63, 3.8) is 0 Å². The molecule has 6 nitrogen and oxygen atoms in total. The van der Waals surface area contributed by atoms with E-state index in [1.54, 1.807) is 16.8 Å². The molecule has 0 spiro atoms. The summed E-state index contributed by atoms with van der Waals surface area (Å²) in [6.07, 6.45) is 0.689. The number of nitrogens with zero attached hydrogens (tertiary/aromatic N) is 4. The zero-order chi connectivity index (χ0) is 16.9. The average molecular weight is 342 g/mol. The van der Waals surface area contributed by atoms with Crippen molar-refractivity contribution in [1.82, 2.24) is 20.4 Å². The minimum Gasteiger partial charge on any atom is -0.271 e. The summed E-state index contributed by atoms with van der Waals surface area (Å²) in [5, 5.41) is 12.9. The second-order valence-electron chi connectivity index (χ2n) is 5.19. The Hall–Kier alpha value is -2.73. The van der Waals surface area contributed by atoms with E-state index in [1.807, 2.05) is 43.3 Å². The van der Waals surface area contributed by atoms with Crippen LogP contribution in [-0.4, -0.2) is 26.6 Å². The number of nitrogens with one attached hydrogen (secondary N) is 1. The van der Waals surface area contributed by atoms with E-state index in [4.69, 9.17) is 11.6 Å². The molecule has 0 aliphatic rings. The molecule has 7 heteroatoms. The van der Waals surface area contributed by atoms with Crippen LogP contribution in [0.15, 0.2) is 53.6 Å². The van der Waals surface area contributed by atoms with Gasteiger partial charge in [0, 0.05) is 5.02 Å². The number of benzene rings is 2. The summed E-state index contributed by atoms with van der Waals surface area (Å²) in [6.45, 7) is 2.03. The molecular formula is C17H16ClN5O. The van der Waals surface area contributed by atoms with Crippen LogP contribution in [-0.2, 0) is 11.3 Å². The number of hydrogen-bond donors (Lipinski definition) is 1. The first-order valence-corrected chi connectivity index (χ1v) is 7.94. The summed E-state index contributed by atoms with van der Waals surface area (Å²) < 4.78 is 1.55. The standard InChI is InChI=1S/C17H16ClN5O/c1-2-14(12-7-9-13(18)10-8-12)19-21-17(24)11-23-16-6-4-3-5-15(16)20-22-23/h3-10H,2,11H2,1H3,(H,21,24)/b19-14-. The van der Waals surface area contributed by atoms with Gasteiger partial charge in [0.15, 0.2) is 0 Å². The summed E-state index contributed by atoms with van der Waals surface area (Å²) in [5.41, 5.74) is 5.85. The minimum absolute atomic E-state index is 0.0572. The van der Waals surface area contributed by atoms with Crippen molar-refractivity contribution in [3.8, 4) is 0 Å². The van der Waals surface area contributed by atoms with E-state index in [-0.39, 0.29) is 12.5 Å². The van der Waals surface area contributed by atoms with Crippen LogP contribution in [0.5, 0.6) is 0 Å². The highest BCUT2D eigenvalue weighted by molar-refractivity contribution is 6.30. The molecule has 0 aliphatic carbocycles. The first-order valence-electron chi connectivity index (χ1n) is 7.57. The lowest BCUT2D eigenvalue weighted by molar-refractivity contribution is -0.121. The highest BCUT2D eigenvalue weighted by Gasteiger charge is 2.08. The number of aromatic nitrogens is 3. The molecule has 2 aromatic carbocycles. The van der Waals surface area contributed by atoms with Crippen molar-refractivity contribution in [2.75, 3.05) is 0 Å². The molecule has 1 N–H and O–H groups in total. The van der Waals surface area contributed by atoms with E-state index < -0.39 is 0 Å². The van der Waals surface area contributed by atoms with E-state index in [9.17, 15) is 4.79 Å². The molecule has 0 saturated carbocycles. The number of hydrazone groups is 1. The van der Waals surface area contributed by atoms with Gasteiger partial charge >= 0.3 is 0 Å². The first kappa shape index (κ1) is 16.1. The van der Waals surface area contributed by atoms with E-state index in [2.05, 4.69) is 20.8 Å². The van der Waals surface area contributed by atoms with E-state index in [0.717, 1.165) is 22.3 Å². The molecule has 0 saturated heterocycles. The largest absolute Gasteiger partial charge is 0.271 e. The monoisotopic (exact) mass is 341 g/mol. The fourth-order valence-corrected chi connectivity index (χ4v) is 2.45. The molecule has 3 aromatic rings. The van der Waals surface area contributed by atoms with Crippen molar-refractivity contribution >= 4 is 34.3 Å². The minimum atomic E-state index is -0.259. The van der Waals surface area contributed by atoms with Crippen LogP contribution in [0.1, 0.15) is 18.9 Å². The third-order valence-electron chi connectivity index (χ3n) is 3.54. The number of hydrogen-bond acceptors (Lipinski definition) is 4. The van der Waals surface area contributed by atoms with Gasteiger partial charge in [-0.25, -0.2) is 10.1 Å². The SMILES string of the molecule is CC/C(=N/NC(=O)Cn1nnc2ccccc21)c1ccc(Cl)cc1. The summed E-state index contributed by atoms with van der Waals surface area (Å²) >= 11 is 5.89. The fraction of sp³-hybridized carbons (Fsp3) is 0.176. The van der Waals surface area contributed by atoms with Crippen LogP contribution in [0, 0.1) is 0 Å². The third-order valence-corrected chi connectivity index (χ3v) is 3.79. The van der Waals surface area contributed by atoms with Gasteiger partial charge in [0.1, 0.15) is 12.1 Å². The lowest BCUT2D eigenvalue weighted by atomic mass is 10.1. The molecule has 1 aromatic heterocycles. The lowest BCUT2D eigenvalue weighted by Crippen LogP contribution is -2.25. The predicted octanol–water partition coefficient (Wildman–Crippen LogP) is 3.02. The van der Waals surface area contributed by atoms with Crippen LogP contribution in [0.2, 0.25) is 5.02 Å². The molecule has 122 valence electrons. The van der Waals surface area contributed by atoms with E-state index in [1.165, 1.54) is 0 Å². The maximum atomic E-state index is 12.1. The van der Waals surface area contributed by atoms with Gasteiger partial charge in [0.2, 0.25) is 0 Å². The quantitative estimate of drug-likeness (QED) is 0.572. The zero-order valence-corrected chi connectivity index (χ0v) is 13.9. The highest BCUT2D eigenvalue weighted by Crippen LogP contribution is 2.12. The summed E-state index contributed by atoms with van der Waals surface area (Å²) in [7, 11) is 0. The van der Waals surface area contributed by atoms with Gasteiger partial charge in [0.05, 0.1) is 11.2 Å². The van der Waals surface area contributed by atoms with Gasteiger partial charge in [-0.1, -0.05) is 48.0 Å². The summed E-state index contributed by atoms with van der Waals surface area (Å²) in [5.74, 6) is -0.259. The predicted molar refractivity (Wildman–Crippen MR) is 94.0 cm³/mol. The number of halogens is 1. The van der Waals surface area contributed by atoms with E-state index >= 15 is 0 Å². The molecule has 0 radical (unpaired) electrons. The zero-order valence-electron chi connectivity index (χ0n) is 13.1. The van der Waals surface area contributed by atoms with Crippen LogP contribution in [0.4, 0.5) is 0 Å². The Morgan fingerprint density at radius 2 is 1.96 bits per heavy atom. The average Bonchev–Trinajstić information content (AvgIpc) is 3.00. The second kappa shape index (κ2) is 7.23. The Bertz CT molecular complexity index is 885. The maximum absolute atomic E-state index is 12.1. The number of rotatable bonds is 5. The number of para-hydroxylation sites is 1. The molecule has 1 amide bonds. The molecule has 0 bridgehead atoms. The van der Waals surface area contributed by atoms with Crippen LogP contribution in [0.3, 0.4) is 0 Å². The van der Waals surface area contributed by atoms with Gasteiger partial charge in [-0.3, -0.25) is 4.79 Å². The van der Waals surface area contributed by atoms with Crippen molar-refractivity contribution in [2.24, 2.45) is 5.10 Å². The van der Waals surface area contributed by atoms with E-state index in [0.29, 0.717) is 11.4 Å². The molecule has 3 rings (SSSR count). The molecule has 0 aliphatic heterocycles. The summed E-state index contributed by atoms with van der Waals surface area (Å²) in [4.78, 5) is 12.1. The Morgan fingerprint density at radius 1 is 1.21 bits per heavy atom. The Balaban J connectivity index is 1.70. The van der Waals surface area contributed by atoms with Gasteiger partial charge in [0.25, 0.3) is 5.91 Å². The first-order chi connectivity index (χ1) is 11.7. The second-order valence-corrected chi connectivity index (χ2v) is 5.63. The third kappa shape index (κ3) is 3.60. The Kier molecular flexibility index (Phi) is 4.86. The Labute approximate surface area is 144 Å². The molecule has 1 heterocycles. The highest BCUT2D eigenvalue weighted by atomic mass is 35.5. The lowest BCUT2D eigenvalue weighted by Gasteiger charge is -2.06. The maximum Gasteiger partial charge on any atom is 0.261 e. The number of carbonyl (C=O) groups is 1. The van der Waals surface area contributed by atoms with Crippen LogP contribution in [0.25, 0.3) is 11.0 Å². The van der Waals surface area contributed by atoms with Crippen molar-refractivity contribution in [1.29, 1.82) is 0 Å². The number of carbonyl (C=O) groups excluding carboxylic acids is 1. The van der Waals surface area contributed by atoms with Gasteiger partial charge in [-0.2, -0.15) is 5.10 Å². The normalized spacial score (nSPS) is 11.7. The molecule has 0 fully saturated rings. The van der Waals surface area contributed by atoms with Crippen molar-refractivity contribution < 1.29 is 4.79 Å². The molecule has 24 heavy (non-hydrogen) atoms. The van der Waals surface area contributed by atoms with Crippen molar-refractivity contribution in [3.05, 3.63) is 59.1 Å². The van der Waals surface area contributed by atoms with Crippen LogP contribution < -0.4 is 5.43 Å².